The van der Waals surface area contributed by atoms with Crippen LogP contribution in [0.1, 0.15) is 41.3 Å². The lowest BCUT2D eigenvalue weighted by molar-refractivity contribution is 0.102. The molecule has 2 aromatic rings. The number of carbonyl (C=O) groups is 1. The molecule has 1 N–H and O–H groups in total. The first-order chi connectivity index (χ1) is 12.9. The lowest BCUT2D eigenvalue weighted by Crippen LogP contribution is -2.39. The van der Waals surface area contributed by atoms with Gasteiger partial charge in [-0.25, -0.2) is 0 Å². The van der Waals surface area contributed by atoms with Gasteiger partial charge in [-0.3, -0.25) is 4.79 Å². The van der Waals surface area contributed by atoms with Crippen molar-refractivity contribution in [2.24, 2.45) is 5.92 Å². The van der Waals surface area contributed by atoms with Crippen molar-refractivity contribution in [2.45, 2.75) is 33.6 Å². The number of hydrogen-bond acceptors (Lipinski definition) is 3. The summed E-state index contributed by atoms with van der Waals surface area (Å²) in [5.74, 6) is 1.17. The normalized spacial score (nSPS) is 14.7. The molecule has 3 rings (SSSR count). The van der Waals surface area contributed by atoms with E-state index in [0.717, 1.165) is 48.7 Å². The van der Waals surface area contributed by atoms with Crippen LogP contribution < -0.4 is 10.1 Å². The zero-order valence-electron chi connectivity index (χ0n) is 16.1. The van der Waals surface area contributed by atoms with Crippen LogP contribution in [0.4, 0.5) is 5.69 Å². The van der Waals surface area contributed by atoms with Crippen LogP contribution in [0.2, 0.25) is 0 Å². The van der Waals surface area contributed by atoms with E-state index in [-0.39, 0.29) is 5.91 Å². The molecule has 1 saturated heterocycles. The zero-order valence-corrected chi connectivity index (χ0v) is 16.9. The minimum absolute atomic E-state index is 0.160. The average molecular weight is 383 g/mol. The molecule has 0 aromatic heterocycles. The topological polar surface area (TPSA) is 41.6 Å². The van der Waals surface area contributed by atoms with Gasteiger partial charge in [0.15, 0.2) is 0 Å². The molecule has 0 spiro atoms. The minimum atomic E-state index is -0.160. The van der Waals surface area contributed by atoms with Crippen molar-refractivity contribution in [1.82, 2.24) is 4.90 Å². The van der Waals surface area contributed by atoms with Gasteiger partial charge in [0, 0.05) is 24.3 Å². The number of nitrogens with one attached hydrogen (secondary N) is 1. The summed E-state index contributed by atoms with van der Waals surface area (Å²) in [6.07, 6.45) is 2.25. The van der Waals surface area contributed by atoms with E-state index in [9.17, 15) is 4.79 Å². The number of ether oxygens (including phenoxy) is 1. The number of carbonyl (C=O) groups excluding carboxylic acids is 1. The van der Waals surface area contributed by atoms with Gasteiger partial charge in [0.1, 0.15) is 5.75 Å². The number of aryl methyl sites for hydroxylation is 1. The first-order valence-corrected chi connectivity index (χ1v) is 9.79. The third kappa shape index (κ3) is 4.86. The van der Waals surface area contributed by atoms with Gasteiger partial charge in [0.2, 0.25) is 0 Å². The average Bonchev–Trinajstić information content (AvgIpc) is 2.66. The second-order valence-electron chi connectivity index (χ2n) is 7.27. The van der Waals surface area contributed by atoms with Gasteiger partial charge in [-0.1, -0.05) is 25.1 Å². The number of anilines is 1. The molecule has 1 aliphatic heterocycles. The summed E-state index contributed by atoms with van der Waals surface area (Å²) in [7, 11) is 0. The van der Waals surface area contributed by atoms with Gasteiger partial charge in [-0.05, 0) is 80.2 Å². The summed E-state index contributed by atoms with van der Waals surface area (Å²) < 4.78 is 5.85. The lowest BCUT2D eigenvalue weighted by Gasteiger charge is -2.31. The van der Waals surface area contributed by atoms with E-state index in [1.165, 1.54) is 0 Å². The molecule has 0 radical (unpaired) electrons. The summed E-state index contributed by atoms with van der Waals surface area (Å²) in [5, 5.41) is 3.46. The molecule has 0 unspecified atom stereocenters. The molecule has 1 amide bonds. The van der Waals surface area contributed by atoms with E-state index in [2.05, 4.69) is 17.1 Å². The van der Waals surface area contributed by atoms with E-state index in [1.807, 2.05) is 44.2 Å². The summed E-state index contributed by atoms with van der Waals surface area (Å²) in [6.45, 7) is 8.14. The third-order valence-corrected chi connectivity index (χ3v) is 5.54. The van der Waals surface area contributed by atoms with Crippen LogP contribution in [-0.4, -0.2) is 29.1 Å². The maximum atomic E-state index is 12.6. The third-order valence-electron chi connectivity index (χ3n) is 5.20. The van der Waals surface area contributed by atoms with Crippen molar-refractivity contribution in [3.05, 3.63) is 59.2 Å². The maximum absolute atomic E-state index is 12.6. The van der Waals surface area contributed by atoms with Gasteiger partial charge >= 0.3 is 0 Å². The van der Waals surface area contributed by atoms with E-state index in [1.54, 1.807) is 12.1 Å². The Morgan fingerprint density at radius 3 is 2.59 bits per heavy atom. The smallest absolute Gasteiger partial charge is 0.264 e. The number of rotatable bonds is 3. The molecule has 0 atom stereocenters. The van der Waals surface area contributed by atoms with Crippen LogP contribution in [-0.2, 0) is 0 Å². The van der Waals surface area contributed by atoms with Gasteiger partial charge in [-0.2, -0.15) is 0 Å². The van der Waals surface area contributed by atoms with Gasteiger partial charge in [0.05, 0.1) is 0 Å². The quantitative estimate of drug-likeness (QED) is 0.763. The standard InChI is InChI=1S/C22H26N2O2S/c1-15-10-12-24(13-11-15)22(27)26-19-8-5-7-18(14-19)21(25)23-20-9-4-6-16(2)17(20)3/h4-9,14-15H,10-13H2,1-3H3,(H,23,25). The number of nitrogens with zero attached hydrogens (tertiary/aromatic N) is 1. The largest absolute Gasteiger partial charge is 0.432 e. The first kappa shape index (κ1) is 19.4. The van der Waals surface area contributed by atoms with E-state index in [4.69, 9.17) is 17.0 Å². The predicted molar refractivity (Wildman–Crippen MR) is 114 cm³/mol. The number of piperidine rings is 1. The van der Waals surface area contributed by atoms with Crippen LogP contribution in [0.3, 0.4) is 0 Å². The molecule has 0 bridgehead atoms. The monoisotopic (exact) mass is 382 g/mol. The number of amides is 1. The molecule has 27 heavy (non-hydrogen) atoms. The second-order valence-corrected chi connectivity index (χ2v) is 7.62. The molecule has 1 heterocycles. The van der Waals surface area contributed by atoms with Crippen molar-refractivity contribution >= 4 is 29.0 Å². The van der Waals surface area contributed by atoms with Crippen molar-refractivity contribution in [2.75, 3.05) is 18.4 Å². The van der Waals surface area contributed by atoms with E-state index >= 15 is 0 Å². The van der Waals surface area contributed by atoms with Crippen LogP contribution >= 0.6 is 12.2 Å². The van der Waals surface area contributed by atoms with Crippen molar-refractivity contribution in [3.8, 4) is 5.75 Å². The Kier molecular flexibility index (Phi) is 6.11. The molecule has 1 fully saturated rings. The van der Waals surface area contributed by atoms with Crippen molar-refractivity contribution in [3.63, 3.8) is 0 Å². The van der Waals surface area contributed by atoms with E-state index in [0.29, 0.717) is 16.5 Å². The Labute approximate surface area is 166 Å². The number of likely N-dealkylation sites (tertiary alicyclic amines) is 1. The molecule has 0 aliphatic carbocycles. The zero-order chi connectivity index (χ0) is 19.4. The molecule has 5 heteroatoms. The molecule has 0 saturated carbocycles. The lowest BCUT2D eigenvalue weighted by atomic mass is 10.00. The highest BCUT2D eigenvalue weighted by atomic mass is 32.1. The summed E-state index contributed by atoms with van der Waals surface area (Å²) in [5.41, 5.74) is 3.58. The van der Waals surface area contributed by atoms with Gasteiger partial charge in [-0.15, -0.1) is 0 Å². The molecule has 1 aliphatic rings. The van der Waals surface area contributed by atoms with Crippen LogP contribution in [0.25, 0.3) is 0 Å². The Hall–Kier alpha value is -2.40. The van der Waals surface area contributed by atoms with Crippen LogP contribution in [0, 0.1) is 19.8 Å². The van der Waals surface area contributed by atoms with Gasteiger partial charge < -0.3 is 15.0 Å². The number of hydrogen-bond donors (Lipinski definition) is 1. The predicted octanol–water partition coefficient (Wildman–Crippen LogP) is 4.95. The first-order valence-electron chi connectivity index (χ1n) is 9.38. The Morgan fingerprint density at radius 1 is 1.15 bits per heavy atom. The minimum Gasteiger partial charge on any atom is -0.432 e. The van der Waals surface area contributed by atoms with Crippen molar-refractivity contribution < 1.29 is 9.53 Å². The fourth-order valence-corrected chi connectivity index (χ4v) is 3.42. The molecule has 4 nitrogen and oxygen atoms in total. The summed E-state index contributed by atoms with van der Waals surface area (Å²) in [4.78, 5) is 14.7. The van der Waals surface area contributed by atoms with Crippen LogP contribution in [0.5, 0.6) is 5.75 Å². The SMILES string of the molecule is Cc1cccc(NC(=O)c2cccc(OC(=S)N3CCC(C)CC3)c2)c1C. The molecular formula is C22H26N2O2S. The molecular weight excluding hydrogens is 356 g/mol. The molecule has 2 aromatic carbocycles. The Morgan fingerprint density at radius 2 is 1.85 bits per heavy atom. The Balaban J connectivity index is 1.67. The van der Waals surface area contributed by atoms with Crippen LogP contribution in [0.15, 0.2) is 42.5 Å². The van der Waals surface area contributed by atoms with Crippen molar-refractivity contribution in [1.29, 1.82) is 0 Å². The fourth-order valence-electron chi connectivity index (χ4n) is 3.14. The Bertz CT molecular complexity index is 842. The summed E-state index contributed by atoms with van der Waals surface area (Å²) in [6, 6.07) is 13.0. The van der Waals surface area contributed by atoms with Gasteiger partial charge in [0.25, 0.3) is 11.1 Å². The maximum Gasteiger partial charge on any atom is 0.264 e. The number of thiocarbonyl (C=S) groups is 1. The fraction of sp³-hybridized carbons (Fsp3) is 0.364. The number of benzene rings is 2. The molecule has 142 valence electrons. The highest BCUT2D eigenvalue weighted by molar-refractivity contribution is 7.80. The van der Waals surface area contributed by atoms with E-state index < -0.39 is 0 Å². The highest BCUT2D eigenvalue weighted by Gasteiger charge is 2.19. The second kappa shape index (κ2) is 8.53. The highest BCUT2D eigenvalue weighted by Crippen LogP contribution is 2.22. The summed E-state index contributed by atoms with van der Waals surface area (Å²) >= 11 is 5.44.